The number of rotatable bonds is 4. The molecule has 2 aromatic carbocycles. The maximum absolute atomic E-state index is 12.5. The minimum Gasteiger partial charge on any atom is -0.326 e. The Morgan fingerprint density at radius 2 is 1.69 bits per heavy atom. The van der Waals surface area contributed by atoms with Crippen LogP contribution in [-0.4, -0.2) is 19.6 Å². The second kappa shape index (κ2) is 6.78. The molecule has 2 heterocycles. The van der Waals surface area contributed by atoms with E-state index in [0.717, 1.165) is 16.9 Å². The lowest BCUT2D eigenvalue weighted by Crippen LogP contribution is -2.16. The van der Waals surface area contributed by atoms with Gasteiger partial charge in [-0.15, -0.1) is 0 Å². The highest BCUT2D eigenvalue weighted by atomic mass is 16.1. The number of nitrogens with two attached hydrogens (primary N) is 1. The molecule has 0 fully saturated rings. The van der Waals surface area contributed by atoms with Gasteiger partial charge in [0.25, 0.3) is 0 Å². The van der Waals surface area contributed by atoms with Crippen LogP contribution in [0.5, 0.6) is 0 Å². The molecule has 0 spiro atoms. The number of hydrogen-bond acceptors (Lipinski definition) is 4. The molecule has 0 radical (unpaired) electrons. The van der Waals surface area contributed by atoms with Gasteiger partial charge in [0.2, 0.25) is 5.43 Å². The van der Waals surface area contributed by atoms with Gasteiger partial charge in [0.1, 0.15) is 0 Å². The second-order valence-corrected chi connectivity index (χ2v) is 5.77. The molecule has 0 saturated carbocycles. The van der Waals surface area contributed by atoms with Crippen molar-refractivity contribution in [1.82, 2.24) is 19.6 Å². The summed E-state index contributed by atoms with van der Waals surface area (Å²) in [6, 6.07) is 20.7. The minimum absolute atomic E-state index is 0.163. The second-order valence-electron chi connectivity index (χ2n) is 5.77. The maximum Gasteiger partial charge on any atom is 0.209 e. The molecule has 0 unspecified atom stereocenters. The molecule has 4 rings (SSSR count). The molecule has 0 amide bonds. The van der Waals surface area contributed by atoms with Crippen molar-refractivity contribution in [3.63, 3.8) is 0 Å². The summed E-state index contributed by atoms with van der Waals surface area (Å²) in [5.41, 5.74) is 9.31. The molecule has 128 valence electrons. The molecular weight excluding hydrogens is 326 g/mol. The van der Waals surface area contributed by atoms with Crippen LogP contribution >= 0.6 is 0 Å². The molecule has 0 bridgehead atoms. The Labute approximate surface area is 150 Å². The van der Waals surface area contributed by atoms with E-state index >= 15 is 0 Å². The van der Waals surface area contributed by atoms with Gasteiger partial charge >= 0.3 is 0 Å². The summed E-state index contributed by atoms with van der Waals surface area (Å²) in [5.74, 6) is 0. The lowest BCUT2D eigenvalue weighted by atomic mass is 10.2. The van der Waals surface area contributed by atoms with Gasteiger partial charge in [0, 0.05) is 18.8 Å². The van der Waals surface area contributed by atoms with E-state index in [-0.39, 0.29) is 5.43 Å². The molecule has 0 atom stereocenters. The van der Waals surface area contributed by atoms with E-state index in [9.17, 15) is 4.79 Å². The van der Waals surface area contributed by atoms with Crippen molar-refractivity contribution in [3.05, 3.63) is 94.9 Å². The van der Waals surface area contributed by atoms with Crippen LogP contribution in [0.25, 0.3) is 22.8 Å². The van der Waals surface area contributed by atoms with Crippen LogP contribution in [0, 0.1) is 0 Å². The van der Waals surface area contributed by atoms with Gasteiger partial charge in [-0.3, -0.25) is 4.79 Å². The largest absolute Gasteiger partial charge is 0.326 e. The first-order valence-electron chi connectivity index (χ1n) is 8.26. The summed E-state index contributed by atoms with van der Waals surface area (Å²) in [5, 5.41) is 8.92. The van der Waals surface area contributed by atoms with Crippen molar-refractivity contribution in [3.8, 4) is 22.8 Å². The van der Waals surface area contributed by atoms with E-state index in [4.69, 9.17) is 5.73 Å². The highest BCUT2D eigenvalue weighted by molar-refractivity contribution is 5.57. The molecule has 6 heteroatoms. The predicted molar refractivity (Wildman–Crippen MR) is 100 cm³/mol. The summed E-state index contributed by atoms with van der Waals surface area (Å²) < 4.78 is 3.39. The van der Waals surface area contributed by atoms with Gasteiger partial charge in [-0.05, 0) is 29.8 Å². The maximum atomic E-state index is 12.5. The fourth-order valence-corrected chi connectivity index (χ4v) is 2.88. The molecule has 6 nitrogen and oxygen atoms in total. The standard InChI is InChI=1S/C20H17N5O/c21-14-15-6-4-5-9-17(15)24-13-11-19(26)20(23-24)18-10-12-22-25(18)16-7-2-1-3-8-16/h1-13H,14,21H2. The van der Waals surface area contributed by atoms with Gasteiger partial charge in [-0.25, -0.2) is 9.36 Å². The average Bonchev–Trinajstić information content (AvgIpc) is 3.18. The third-order valence-electron chi connectivity index (χ3n) is 4.15. The van der Waals surface area contributed by atoms with Gasteiger partial charge in [0.05, 0.1) is 23.3 Å². The molecular formula is C20H17N5O. The minimum atomic E-state index is -0.163. The SMILES string of the molecule is NCc1ccccc1-n1ccc(=O)c(-c2ccnn2-c2ccccc2)n1. The first-order valence-corrected chi connectivity index (χ1v) is 8.26. The zero-order valence-electron chi connectivity index (χ0n) is 14.0. The summed E-state index contributed by atoms with van der Waals surface area (Å²) in [7, 11) is 0. The molecule has 2 aromatic heterocycles. The van der Waals surface area contributed by atoms with Crippen LogP contribution in [0.15, 0.2) is 83.9 Å². The van der Waals surface area contributed by atoms with Crippen molar-refractivity contribution in [2.75, 3.05) is 0 Å². The van der Waals surface area contributed by atoms with E-state index in [1.54, 1.807) is 27.8 Å². The van der Waals surface area contributed by atoms with E-state index in [1.807, 2.05) is 54.6 Å². The predicted octanol–water partition coefficient (Wildman–Crippen LogP) is 2.54. The van der Waals surface area contributed by atoms with Crippen molar-refractivity contribution in [2.24, 2.45) is 5.73 Å². The van der Waals surface area contributed by atoms with Crippen molar-refractivity contribution in [1.29, 1.82) is 0 Å². The van der Waals surface area contributed by atoms with Crippen molar-refractivity contribution < 1.29 is 0 Å². The summed E-state index contributed by atoms with van der Waals surface area (Å²) in [4.78, 5) is 12.5. The zero-order valence-corrected chi connectivity index (χ0v) is 14.0. The summed E-state index contributed by atoms with van der Waals surface area (Å²) in [6.45, 7) is 0.390. The Morgan fingerprint density at radius 3 is 2.50 bits per heavy atom. The van der Waals surface area contributed by atoms with E-state index in [0.29, 0.717) is 17.9 Å². The monoisotopic (exact) mass is 343 g/mol. The Bertz CT molecular complexity index is 1100. The Hall–Kier alpha value is -3.51. The number of aromatic nitrogens is 4. The van der Waals surface area contributed by atoms with Crippen LogP contribution in [0.1, 0.15) is 5.56 Å². The topological polar surface area (TPSA) is 78.7 Å². The van der Waals surface area contributed by atoms with E-state index in [2.05, 4.69) is 10.2 Å². The quantitative estimate of drug-likeness (QED) is 0.618. The molecule has 4 aromatic rings. The van der Waals surface area contributed by atoms with Gasteiger partial charge in [-0.2, -0.15) is 10.2 Å². The molecule has 0 saturated heterocycles. The Balaban J connectivity index is 1.87. The summed E-state index contributed by atoms with van der Waals surface area (Å²) in [6.07, 6.45) is 3.32. The van der Waals surface area contributed by atoms with Crippen LogP contribution in [0.4, 0.5) is 0 Å². The normalized spacial score (nSPS) is 10.8. The average molecular weight is 343 g/mol. The van der Waals surface area contributed by atoms with Crippen LogP contribution in [-0.2, 0) is 6.54 Å². The van der Waals surface area contributed by atoms with Crippen LogP contribution < -0.4 is 11.2 Å². The lowest BCUT2D eigenvalue weighted by molar-refractivity contribution is 0.811. The molecule has 26 heavy (non-hydrogen) atoms. The zero-order chi connectivity index (χ0) is 17.9. The molecule has 0 aliphatic heterocycles. The first-order chi connectivity index (χ1) is 12.8. The van der Waals surface area contributed by atoms with Gasteiger partial charge < -0.3 is 5.73 Å². The number of hydrogen-bond donors (Lipinski definition) is 1. The summed E-state index contributed by atoms with van der Waals surface area (Å²) >= 11 is 0. The van der Waals surface area contributed by atoms with Crippen molar-refractivity contribution in [2.45, 2.75) is 6.54 Å². The third-order valence-corrected chi connectivity index (χ3v) is 4.15. The molecule has 0 aliphatic carbocycles. The lowest BCUT2D eigenvalue weighted by Gasteiger charge is -2.12. The Morgan fingerprint density at radius 1 is 0.923 bits per heavy atom. The smallest absolute Gasteiger partial charge is 0.209 e. The number of benzene rings is 2. The van der Waals surface area contributed by atoms with Crippen LogP contribution in [0.2, 0.25) is 0 Å². The number of nitrogens with zero attached hydrogens (tertiary/aromatic N) is 4. The first kappa shape index (κ1) is 16.0. The fourth-order valence-electron chi connectivity index (χ4n) is 2.88. The fraction of sp³-hybridized carbons (Fsp3) is 0.0500. The van der Waals surface area contributed by atoms with Gasteiger partial charge in [0.15, 0.2) is 5.69 Å². The molecule has 2 N–H and O–H groups in total. The van der Waals surface area contributed by atoms with Crippen LogP contribution in [0.3, 0.4) is 0 Å². The molecule has 0 aliphatic rings. The third kappa shape index (κ3) is 2.82. The van der Waals surface area contributed by atoms with E-state index < -0.39 is 0 Å². The highest BCUT2D eigenvalue weighted by Gasteiger charge is 2.14. The van der Waals surface area contributed by atoms with E-state index in [1.165, 1.54) is 6.07 Å². The number of para-hydroxylation sites is 2. The highest BCUT2D eigenvalue weighted by Crippen LogP contribution is 2.19. The van der Waals surface area contributed by atoms with Gasteiger partial charge in [-0.1, -0.05) is 36.4 Å². The Kier molecular flexibility index (Phi) is 4.17. The van der Waals surface area contributed by atoms with Crippen molar-refractivity contribution >= 4 is 0 Å².